The van der Waals surface area contributed by atoms with Crippen LogP contribution >= 0.6 is 0 Å². The summed E-state index contributed by atoms with van der Waals surface area (Å²) in [4.78, 5) is 5.23. The lowest BCUT2D eigenvalue weighted by molar-refractivity contribution is -0.0875. The van der Waals surface area contributed by atoms with Gasteiger partial charge < -0.3 is 9.63 Å². The number of likely N-dealkylation sites (tertiary alicyclic amines) is 1. The lowest BCUT2D eigenvalue weighted by Gasteiger charge is -2.56. The molecule has 5 heteroatoms. The molecule has 0 aliphatic carbocycles. The van der Waals surface area contributed by atoms with Crippen molar-refractivity contribution in [1.82, 2.24) is 15.0 Å². The zero-order valence-corrected chi connectivity index (χ0v) is 14.4. The predicted molar refractivity (Wildman–Crippen MR) is 88.1 cm³/mol. The number of aliphatic hydroxyl groups is 1. The Morgan fingerprint density at radius 2 is 2.04 bits per heavy atom. The monoisotopic (exact) mass is 319 g/mol. The maximum absolute atomic E-state index is 9.99. The molecule has 2 bridgehead atoms. The van der Waals surface area contributed by atoms with E-state index in [1.54, 1.807) is 0 Å². The number of rotatable bonds is 3. The van der Waals surface area contributed by atoms with Crippen LogP contribution in [0.25, 0.3) is 0 Å². The molecule has 0 amide bonds. The van der Waals surface area contributed by atoms with Gasteiger partial charge in [0.2, 0.25) is 0 Å². The van der Waals surface area contributed by atoms with Crippen LogP contribution in [0.2, 0.25) is 0 Å². The van der Waals surface area contributed by atoms with Gasteiger partial charge in [0.05, 0.1) is 12.3 Å². The maximum atomic E-state index is 9.99. The van der Waals surface area contributed by atoms with Crippen LogP contribution in [0.4, 0.5) is 0 Å². The van der Waals surface area contributed by atoms with E-state index in [-0.39, 0.29) is 0 Å². The Labute approximate surface area is 138 Å². The molecule has 3 aliphatic heterocycles. The Hall–Kier alpha value is -0.910. The standard InChI is InChI=1S/C18H29N3O2/c1-12-16(13(2)23-19-12)10-20-8-14-7-15(9-20)18(11-22)21-6-4-3-5-17(14)21/h14-15,17-18,22H,3-11H2,1-2H3/t14-,15+,17+,18+/m1/s1. The minimum absolute atomic E-state index is 0.313. The molecule has 3 fully saturated rings. The van der Waals surface area contributed by atoms with Crippen molar-refractivity contribution >= 4 is 0 Å². The van der Waals surface area contributed by atoms with Crippen molar-refractivity contribution in [2.45, 2.75) is 58.2 Å². The van der Waals surface area contributed by atoms with Gasteiger partial charge in [0, 0.05) is 37.3 Å². The van der Waals surface area contributed by atoms with Gasteiger partial charge in [-0.05, 0) is 51.5 Å². The maximum Gasteiger partial charge on any atom is 0.138 e. The smallest absolute Gasteiger partial charge is 0.138 e. The zero-order valence-electron chi connectivity index (χ0n) is 14.4. The summed E-state index contributed by atoms with van der Waals surface area (Å²) in [7, 11) is 0. The van der Waals surface area contributed by atoms with E-state index in [2.05, 4.69) is 15.0 Å². The van der Waals surface area contributed by atoms with Gasteiger partial charge in [-0.2, -0.15) is 0 Å². The van der Waals surface area contributed by atoms with Crippen LogP contribution < -0.4 is 0 Å². The highest BCUT2D eigenvalue weighted by molar-refractivity contribution is 5.20. The summed E-state index contributed by atoms with van der Waals surface area (Å²) in [6.07, 6.45) is 5.26. The molecule has 5 nitrogen and oxygen atoms in total. The van der Waals surface area contributed by atoms with Crippen molar-refractivity contribution in [3.63, 3.8) is 0 Å². The first-order valence-corrected chi connectivity index (χ1v) is 9.18. The second-order valence-electron chi connectivity index (χ2n) is 7.80. The van der Waals surface area contributed by atoms with Crippen LogP contribution in [0, 0.1) is 25.7 Å². The van der Waals surface area contributed by atoms with Crippen molar-refractivity contribution in [2.24, 2.45) is 11.8 Å². The minimum Gasteiger partial charge on any atom is -0.395 e. The van der Waals surface area contributed by atoms with Gasteiger partial charge in [0.15, 0.2) is 0 Å². The highest BCUT2D eigenvalue weighted by Gasteiger charge is 2.46. The molecule has 1 N–H and O–H groups in total. The Morgan fingerprint density at radius 3 is 2.78 bits per heavy atom. The first-order chi connectivity index (χ1) is 11.2. The average Bonchev–Trinajstić information content (AvgIpc) is 2.87. The molecule has 23 heavy (non-hydrogen) atoms. The molecule has 3 saturated heterocycles. The molecular formula is C18H29N3O2. The second kappa shape index (κ2) is 6.19. The molecule has 0 radical (unpaired) electrons. The van der Waals surface area contributed by atoms with E-state index in [4.69, 9.17) is 4.52 Å². The Bertz CT molecular complexity index is 525. The van der Waals surface area contributed by atoms with Crippen molar-refractivity contribution in [1.29, 1.82) is 0 Å². The second-order valence-corrected chi connectivity index (χ2v) is 7.80. The van der Waals surface area contributed by atoms with Gasteiger partial charge in [-0.25, -0.2) is 0 Å². The van der Waals surface area contributed by atoms with E-state index in [0.717, 1.165) is 30.5 Å². The molecule has 0 spiro atoms. The van der Waals surface area contributed by atoms with Crippen LogP contribution in [0.5, 0.6) is 0 Å². The molecule has 0 unspecified atom stereocenters. The third-order valence-corrected chi connectivity index (χ3v) is 6.45. The summed E-state index contributed by atoms with van der Waals surface area (Å²) in [5.74, 6) is 2.32. The number of aliphatic hydroxyl groups excluding tert-OH is 1. The van der Waals surface area contributed by atoms with Gasteiger partial charge in [-0.3, -0.25) is 9.80 Å². The summed E-state index contributed by atoms with van der Waals surface area (Å²) >= 11 is 0. The van der Waals surface area contributed by atoms with E-state index >= 15 is 0 Å². The molecule has 1 aromatic heterocycles. The van der Waals surface area contributed by atoms with Crippen LogP contribution in [0.1, 0.15) is 42.7 Å². The number of hydrogen-bond acceptors (Lipinski definition) is 5. The highest BCUT2D eigenvalue weighted by atomic mass is 16.5. The average molecular weight is 319 g/mol. The van der Waals surface area contributed by atoms with Crippen molar-refractivity contribution in [3.8, 4) is 0 Å². The summed E-state index contributed by atoms with van der Waals surface area (Å²) < 4.78 is 5.33. The van der Waals surface area contributed by atoms with Crippen molar-refractivity contribution < 1.29 is 9.63 Å². The van der Waals surface area contributed by atoms with Gasteiger partial charge in [-0.15, -0.1) is 0 Å². The number of fused-ring (bicyclic) bond motifs is 4. The fraction of sp³-hybridized carbons (Fsp3) is 0.833. The SMILES string of the molecule is Cc1noc(C)c1CN1C[C@H]2C[C@@H](C1)[C@H](CO)N1CCCC[C@@H]21. The van der Waals surface area contributed by atoms with Crippen LogP contribution in [0.15, 0.2) is 4.52 Å². The molecule has 4 heterocycles. The van der Waals surface area contributed by atoms with E-state index in [1.165, 1.54) is 44.3 Å². The summed E-state index contributed by atoms with van der Waals surface area (Å²) in [6.45, 7) is 8.77. The Balaban J connectivity index is 1.53. The third kappa shape index (κ3) is 2.73. The van der Waals surface area contributed by atoms with E-state index in [9.17, 15) is 5.11 Å². The summed E-state index contributed by atoms with van der Waals surface area (Å²) in [5.41, 5.74) is 2.28. The first kappa shape index (κ1) is 15.6. The van der Waals surface area contributed by atoms with Gasteiger partial charge in [-0.1, -0.05) is 11.6 Å². The number of aryl methyl sites for hydroxylation is 2. The quantitative estimate of drug-likeness (QED) is 0.923. The molecule has 4 rings (SSSR count). The normalized spacial score (nSPS) is 35.3. The fourth-order valence-electron chi connectivity index (χ4n) is 5.34. The highest BCUT2D eigenvalue weighted by Crippen LogP contribution is 2.41. The topological polar surface area (TPSA) is 52.7 Å². The van der Waals surface area contributed by atoms with Crippen LogP contribution in [-0.2, 0) is 6.54 Å². The molecule has 1 aromatic rings. The van der Waals surface area contributed by atoms with Crippen molar-refractivity contribution in [3.05, 3.63) is 17.0 Å². The van der Waals surface area contributed by atoms with Gasteiger partial charge >= 0.3 is 0 Å². The third-order valence-electron chi connectivity index (χ3n) is 6.45. The number of piperidine rings is 3. The van der Waals surface area contributed by atoms with Gasteiger partial charge in [0.1, 0.15) is 5.76 Å². The number of aromatic nitrogens is 1. The Kier molecular flexibility index (Phi) is 4.20. The summed E-state index contributed by atoms with van der Waals surface area (Å²) in [6, 6.07) is 1.05. The van der Waals surface area contributed by atoms with Crippen molar-refractivity contribution in [2.75, 3.05) is 26.2 Å². The fourth-order valence-corrected chi connectivity index (χ4v) is 5.34. The largest absolute Gasteiger partial charge is 0.395 e. The van der Waals surface area contributed by atoms with Crippen LogP contribution in [0.3, 0.4) is 0 Å². The molecular weight excluding hydrogens is 290 g/mol. The van der Waals surface area contributed by atoms with Crippen LogP contribution in [-0.4, -0.2) is 58.4 Å². The minimum atomic E-state index is 0.313. The molecule has 128 valence electrons. The number of nitrogens with zero attached hydrogens (tertiary/aromatic N) is 3. The molecule has 4 atom stereocenters. The Morgan fingerprint density at radius 1 is 1.22 bits per heavy atom. The lowest BCUT2D eigenvalue weighted by Crippen LogP contribution is -2.64. The molecule has 3 aliphatic rings. The number of hydrogen-bond donors (Lipinski definition) is 1. The van der Waals surface area contributed by atoms with E-state index in [1.807, 2.05) is 13.8 Å². The van der Waals surface area contributed by atoms with E-state index < -0.39 is 0 Å². The predicted octanol–water partition coefficient (Wildman–Crippen LogP) is 1.96. The summed E-state index contributed by atoms with van der Waals surface area (Å²) in [5, 5.41) is 14.1. The van der Waals surface area contributed by atoms with E-state index in [0.29, 0.717) is 24.6 Å². The molecule has 0 saturated carbocycles. The van der Waals surface area contributed by atoms with Gasteiger partial charge in [0.25, 0.3) is 0 Å². The molecule has 0 aromatic carbocycles. The first-order valence-electron chi connectivity index (χ1n) is 9.18. The zero-order chi connectivity index (χ0) is 16.0. The lowest BCUT2D eigenvalue weighted by atomic mass is 9.72.